The number of nitrogens with zero attached hydrogens (tertiary/aromatic N) is 1. The minimum absolute atomic E-state index is 0.181. The van der Waals surface area contributed by atoms with E-state index < -0.39 is 16.1 Å². The summed E-state index contributed by atoms with van der Waals surface area (Å²) in [5.74, 6) is 0.0976. The van der Waals surface area contributed by atoms with E-state index >= 15 is 0 Å². The number of hydrogen-bond donors (Lipinski definition) is 1. The van der Waals surface area contributed by atoms with Crippen molar-refractivity contribution < 1.29 is 17.9 Å². The van der Waals surface area contributed by atoms with Crippen LogP contribution in [0, 0.1) is 13.8 Å². The fourth-order valence-corrected chi connectivity index (χ4v) is 3.90. The predicted octanol–water partition coefficient (Wildman–Crippen LogP) is 2.86. The van der Waals surface area contributed by atoms with Crippen LogP contribution in [0.25, 0.3) is 0 Å². The molecule has 1 atom stereocenters. The molecule has 0 radical (unpaired) electrons. The second kappa shape index (κ2) is 6.99. The van der Waals surface area contributed by atoms with Gasteiger partial charge in [0.1, 0.15) is 5.75 Å². The Labute approximate surface area is 153 Å². The molecular weight excluding hydrogens is 352 g/mol. The number of fused-ring (bicyclic) bond motifs is 1. The second-order valence-corrected chi connectivity index (χ2v) is 8.34. The predicted molar refractivity (Wildman–Crippen MR) is 102 cm³/mol. The van der Waals surface area contributed by atoms with E-state index in [1.165, 1.54) is 4.31 Å². The van der Waals surface area contributed by atoms with Gasteiger partial charge in [-0.1, -0.05) is 24.3 Å². The van der Waals surface area contributed by atoms with Crippen LogP contribution in [-0.4, -0.2) is 33.2 Å². The van der Waals surface area contributed by atoms with E-state index in [4.69, 9.17) is 4.74 Å². The Morgan fingerprint density at radius 2 is 1.88 bits per heavy atom. The number of nitrogens with one attached hydrogen (secondary N) is 1. The van der Waals surface area contributed by atoms with E-state index in [1.807, 2.05) is 32.0 Å². The van der Waals surface area contributed by atoms with Crippen molar-refractivity contribution in [3.8, 4) is 5.75 Å². The van der Waals surface area contributed by atoms with E-state index in [0.29, 0.717) is 11.4 Å². The third-order valence-electron chi connectivity index (χ3n) is 4.55. The van der Waals surface area contributed by atoms with Crippen LogP contribution in [0.5, 0.6) is 5.75 Å². The maximum atomic E-state index is 12.7. The third-order valence-corrected chi connectivity index (χ3v) is 5.73. The fourth-order valence-electron chi connectivity index (χ4n) is 2.96. The number of anilines is 2. The molecule has 1 aliphatic heterocycles. The van der Waals surface area contributed by atoms with Crippen molar-refractivity contribution in [3.05, 3.63) is 53.6 Å². The number of rotatable bonds is 3. The normalized spacial score (nSPS) is 17.0. The highest BCUT2D eigenvalue weighted by Crippen LogP contribution is 2.34. The molecule has 0 spiro atoms. The summed E-state index contributed by atoms with van der Waals surface area (Å²) in [6, 6.07) is 12.6. The molecule has 1 amide bonds. The largest absolute Gasteiger partial charge is 0.478 e. The van der Waals surface area contributed by atoms with E-state index in [2.05, 4.69) is 5.32 Å². The van der Waals surface area contributed by atoms with E-state index in [-0.39, 0.29) is 18.9 Å². The van der Waals surface area contributed by atoms with Gasteiger partial charge in [0.25, 0.3) is 5.91 Å². The van der Waals surface area contributed by atoms with E-state index in [9.17, 15) is 13.2 Å². The number of amides is 1. The fraction of sp³-hybridized carbons (Fsp3) is 0.316. The molecule has 2 aromatic carbocycles. The SMILES string of the molecule is Cc1cccc(NC(=O)C2CCN(S(C)(=O)=O)c3ccccc3O2)c1C. The molecule has 0 saturated carbocycles. The Kier molecular flexibility index (Phi) is 4.91. The van der Waals surface area contributed by atoms with Crippen molar-refractivity contribution in [2.75, 3.05) is 22.4 Å². The van der Waals surface area contributed by atoms with Gasteiger partial charge < -0.3 is 10.1 Å². The molecule has 6 nitrogen and oxygen atoms in total. The van der Waals surface area contributed by atoms with Gasteiger partial charge in [-0.15, -0.1) is 0 Å². The van der Waals surface area contributed by atoms with Crippen LogP contribution in [0.2, 0.25) is 0 Å². The molecule has 0 fully saturated rings. The first-order valence-electron chi connectivity index (χ1n) is 8.38. The molecule has 138 valence electrons. The van der Waals surface area contributed by atoms with Gasteiger partial charge in [0.2, 0.25) is 10.0 Å². The standard InChI is InChI=1S/C19H22N2O4S/c1-13-7-6-8-15(14(13)2)20-19(22)18-11-12-21(26(3,23)24)16-9-4-5-10-17(16)25-18/h4-10,18H,11-12H2,1-3H3,(H,20,22). The van der Waals surface area contributed by atoms with Crippen LogP contribution in [0.1, 0.15) is 17.5 Å². The molecule has 7 heteroatoms. The Bertz CT molecular complexity index is 940. The molecule has 0 bridgehead atoms. The summed E-state index contributed by atoms with van der Waals surface area (Å²) >= 11 is 0. The van der Waals surface area contributed by atoms with Crippen LogP contribution < -0.4 is 14.4 Å². The monoisotopic (exact) mass is 374 g/mol. The first kappa shape index (κ1) is 18.3. The van der Waals surface area contributed by atoms with Crippen molar-refractivity contribution in [3.63, 3.8) is 0 Å². The zero-order valence-electron chi connectivity index (χ0n) is 15.0. The maximum Gasteiger partial charge on any atom is 0.265 e. The molecule has 26 heavy (non-hydrogen) atoms. The van der Waals surface area contributed by atoms with E-state index in [0.717, 1.165) is 23.1 Å². The summed E-state index contributed by atoms with van der Waals surface area (Å²) in [5, 5.41) is 2.90. The molecule has 3 rings (SSSR count). The lowest BCUT2D eigenvalue weighted by molar-refractivity contribution is -0.122. The van der Waals surface area contributed by atoms with Gasteiger partial charge in [-0.3, -0.25) is 9.10 Å². The Morgan fingerprint density at radius 3 is 2.62 bits per heavy atom. The van der Waals surface area contributed by atoms with E-state index in [1.54, 1.807) is 24.3 Å². The van der Waals surface area contributed by atoms with Crippen molar-refractivity contribution >= 4 is 27.3 Å². The Morgan fingerprint density at radius 1 is 1.15 bits per heavy atom. The Hall–Kier alpha value is -2.54. The summed E-state index contributed by atoms with van der Waals surface area (Å²) in [6.07, 6.45) is 0.640. The average Bonchev–Trinajstić information content (AvgIpc) is 2.78. The van der Waals surface area contributed by atoms with Crippen molar-refractivity contribution in [2.24, 2.45) is 0 Å². The highest BCUT2D eigenvalue weighted by atomic mass is 32.2. The van der Waals surface area contributed by atoms with Crippen LogP contribution in [0.4, 0.5) is 11.4 Å². The summed E-state index contributed by atoms with van der Waals surface area (Å²) in [4.78, 5) is 12.7. The minimum atomic E-state index is -3.46. The topological polar surface area (TPSA) is 75.7 Å². The highest BCUT2D eigenvalue weighted by molar-refractivity contribution is 7.92. The summed E-state index contributed by atoms with van der Waals surface area (Å²) in [5.41, 5.74) is 3.26. The Balaban J connectivity index is 1.87. The number of carbonyl (C=O) groups is 1. The molecule has 1 unspecified atom stereocenters. The van der Waals surface area contributed by atoms with Crippen LogP contribution in [0.15, 0.2) is 42.5 Å². The molecule has 1 aliphatic rings. The summed E-state index contributed by atoms with van der Waals surface area (Å²) < 4.78 is 31.4. The smallest absolute Gasteiger partial charge is 0.265 e. The van der Waals surface area contributed by atoms with Gasteiger partial charge in [0.15, 0.2) is 6.10 Å². The minimum Gasteiger partial charge on any atom is -0.478 e. The van der Waals surface area contributed by atoms with Crippen molar-refractivity contribution in [1.29, 1.82) is 0 Å². The molecule has 0 aliphatic carbocycles. The van der Waals surface area contributed by atoms with Gasteiger partial charge >= 0.3 is 0 Å². The number of hydrogen-bond acceptors (Lipinski definition) is 4. The van der Waals surface area contributed by atoms with Crippen molar-refractivity contribution in [1.82, 2.24) is 0 Å². The average molecular weight is 374 g/mol. The second-order valence-electron chi connectivity index (χ2n) is 6.43. The van der Waals surface area contributed by atoms with Gasteiger partial charge in [-0.25, -0.2) is 8.42 Å². The number of sulfonamides is 1. The molecule has 1 N–H and O–H groups in total. The van der Waals surface area contributed by atoms with Gasteiger partial charge in [-0.2, -0.15) is 0 Å². The molecule has 1 heterocycles. The lowest BCUT2D eigenvalue weighted by Gasteiger charge is -2.20. The van der Waals surface area contributed by atoms with Gasteiger partial charge in [0, 0.05) is 18.7 Å². The molecule has 0 aromatic heterocycles. The summed E-state index contributed by atoms with van der Waals surface area (Å²) in [7, 11) is -3.46. The number of benzene rings is 2. The molecule has 0 saturated heterocycles. The first-order chi connectivity index (χ1) is 12.3. The van der Waals surface area contributed by atoms with Crippen LogP contribution >= 0.6 is 0 Å². The zero-order chi connectivity index (χ0) is 18.9. The maximum absolute atomic E-state index is 12.7. The highest BCUT2D eigenvalue weighted by Gasteiger charge is 2.31. The van der Waals surface area contributed by atoms with Crippen molar-refractivity contribution in [2.45, 2.75) is 26.4 Å². The molecule has 2 aromatic rings. The quantitative estimate of drug-likeness (QED) is 0.896. The summed E-state index contributed by atoms with van der Waals surface area (Å²) in [6.45, 7) is 4.10. The first-order valence-corrected chi connectivity index (χ1v) is 10.2. The van der Waals surface area contributed by atoms with Gasteiger partial charge in [-0.05, 0) is 43.2 Å². The lowest BCUT2D eigenvalue weighted by Crippen LogP contribution is -2.36. The lowest BCUT2D eigenvalue weighted by atomic mass is 10.1. The number of para-hydroxylation sites is 2. The number of carbonyl (C=O) groups excluding carboxylic acids is 1. The zero-order valence-corrected chi connectivity index (χ0v) is 15.8. The van der Waals surface area contributed by atoms with Gasteiger partial charge in [0.05, 0.1) is 11.9 Å². The number of aryl methyl sites for hydroxylation is 1. The third kappa shape index (κ3) is 3.67. The number of ether oxygens (including phenoxy) is 1. The molecular formula is C19H22N2O4S. The van der Waals surface area contributed by atoms with Crippen LogP contribution in [0.3, 0.4) is 0 Å². The van der Waals surface area contributed by atoms with Crippen LogP contribution in [-0.2, 0) is 14.8 Å².